The summed E-state index contributed by atoms with van der Waals surface area (Å²) in [5.74, 6) is 0.290. The highest BCUT2D eigenvalue weighted by Gasteiger charge is 2.25. The van der Waals surface area contributed by atoms with Crippen LogP contribution in [-0.2, 0) is 18.4 Å². The second kappa shape index (κ2) is 9.79. The first-order chi connectivity index (χ1) is 17.4. The van der Waals surface area contributed by atoms with Crippen LogP contribution in [0.5, 0.6) is 0 Å². The number of rotatable bonds is 6. The van der Waals surface area contributed by atoms with Crippen LogP contribution < -0.4 is 11.1 Å². The molecule has 2 aromatic carbocycles. The molecule has 36 heavy (non-hydrogen) atoms. The van der Waals surface area contributed by atoms with Crippen LogP contribution in [-0.4, -0.2) is 38.4 Å². The molecule has 7 nitrogen and oxygen atoms in total. The molecule has 182 valence electrons. The van der Waals surface area contributed by atoms with E-state index in [1.165, 1.54) is 17.5 Å². The maximum absolute atomic E-state index is 12.0. The van der Waals surface area contributed by atoms with E-state index in [9.17, 15) is 4.79 Å². The number of aryl methyl sites for hydroxylation is 1. The Kier molecular flexibility index (Phi) is 6.40. The molecule has 2 aromatic heterocycles. The number of nitrogens with two attached hydrogens (primary N) is 1. The smallest absolute Gasteiger partial charge is 0.250 e. The fraction of sp³-hybridized carbons (Fsp3) is 0.207. The van der Waals surface area contributed by atoms with Crippen LogP contribution in [0.4, 0.5) is 11.5 Å². The minimum absolute atomic E-state index is 0.191. The molecule has 0 unspecified atom stereocenters. The first-order valence-electron chi connectivity index (χ1n) is 12.0. The fourth-order valence-electron chi connectivity index (χ4n) is 4.80. The van der Waals surface area contributed by atoms with Crippen LogP contribution in [0.25, 0.3) is 27.9 Å². The van der Waals surface area contributed by atoms with Crippen LogP contribution in [0.3, 0.4) is 0 Å². The Hall–Kier alpha value is -4.23. The average molecular weight is 479 g/mol. The summed E-state index contributed by atoms with van der Waals surface area (Å²) in [7, 11) is 2.01. The van der Waals surface area contributed by atoms with Gasteiger partial charge in [0, 0.05) is 43.5 Å². The molecule has 1 aliphatic rings. The second-order valence-electron chi connectivity index (χ2n) is 9.25. The van der Waals surface area contributed by atoms with Crippen LogP contribution >= 0.6 is 0 Å². The van der Waals surface area contributed by atoms with Crippen molar-refractivity contribution in [1.82, 2.24) is 19.4 Å². The van der Waals surface area contributed by atoms with Crippen molar-refractivity contribution in [3.05, 3.63) is 90.3 Å². The van der Waals surface area contributed by atoms with E-state index in [1.54, 1.807) is 6.92 Å². The fourth-order valence-corrected chi connectivity index (χ4v) is 4.80. The Labute approximate surface area is 211 Å². The normalized spacial score (nSPS) is 14.0. The molecule has 0 atom stereocenters. The largest absolute Gasteiger partial charge is 0.383 e. The Morgan fingerprint density at radius 2 is 1.86 bits per heavy atom. The Morgan fingerprint density at radius 3 is 2.53 bits per heavy atom. The lowest BCUT2D eigenvalue weighted by atomic mass is 9.94. The number of nitrogen functional groups attached to an aromatic ring is 1. The number of hydrogen-bond acceptors (Lipinski definition) is 5. The van der Waals surface area contributed by atoms with Crippen molar-refractivity contribution in [3.63, 3.8) is 0 Å². The predicted molar refractivity (Wildman–Crippen MR) is 146 cm³/mol. The number of anilines is 2. The lowest BCUT2D eigenvalue weighted by Gasteiger charge is -2.27. The second-order valence-corrected chi connectivity index (χ2v) is 9.25. The number of carbonyl (C=O) groups is 1. The maximum Gasteiger partial charge on any atom is 0.250 e. The summed E-state index contributed by atoms with van der Waals surface area (Å²) in [4.78, 5) is 23.3. The molecule has 0 fully saturated rings. The summed E-state index contributed by atoms with van der Waals surface area (Å²) in [6, 6.07) is 18.4. The van der Waals surface area contributed by atoms with E-state index in [0.717, 1.165) is 59.6 Å². The summed E-state index contributed by atoms with van der Waals surface area (Å²) >= 11 is 0. The maximum atomic E-state index is 12.0. The molecule has 1 aliphatic heterocycles. The average Bonchev–Trinajstić information content (AvgIpc) is 3.19. The zero-order chi connectivity index (χ0) is 25.2. The molecule has 3 heterocycles. The topological polar surface area (TPSA) is 89.1 Å². The van der Waals surface area contributed by atoms with Crippen molar-refractivity contribution in [2.24, 2.45) is 7.05 Å². The van der Waals surface area contributed by atoms with Gasteiger partial charge in [-0.15, -0.1) is 0 Å². The van der Waals surface area contributed by atoms with Gasteiger partial charge >= 0.3 is 0 Å². The van der Waals surface area contributed by atoms with Crippen molar-refractivity contribution < 1.29 is 4.79 Å². The monoisotopic (exact) mass is 478 g/mol. The summed E-state index contributed by atoms with van der Waals surface area (Å²) in [5.41, 5.74) is 14.1. The van der Waals surface area contributed by atoms with E-state index in [4.69, 9.17) is 5.73 Å². The molecule has 0 aliphatic carbocycles. The molecular weight excluding hydrogens is 448 g/mol. The Bertz CT molecular complexity index is 1470. The molecule has 0 radical (unpaired) electrons. The number of hydrogen-bond donors (Lipinski definition) is 2. The Balaban J connectivity index is 1.52. The molecule has 0 saturated heterocycles. The van der Waals surface area contributed by atoms with Gasteiger partial charge in [-0.2, -0.15) is 0 Å². The molecular formula is C29H30N6O. The number of nitrogens with zero attached hydrogens (tertiary/aromatic N) is 4. The van der Waals surface area contributed by atoms with Gasteiger partial charge in [-0.3, -0.25) is 9.69 Å². The summed E-state index contributed by atoms with van der Waals surface area (Å²) in [6.07, 6.45) is 4.72. The van der Waals surface area contributed by atoms with Gasteiger partial charge in [0.2, 0.25) is 0 Å². The first kappa shape index (κ1) is 23.5. The molecule has 5 rings (SSSR count). The lowest BCUT2D eigenvalue weighted by molar-refractivity contribution is -0.112. The Morgan fingerprint density at radius 1 is 1.11 bits per heavy atom. The van der Waals surface area contributed by atoms with Gasteiger partial charge in [-0.05, 0) is 42.2 Å². The van der Waals surface area contributed by atoms with Gasteiger partial charge in [0.05, 0.1) is 11.1 Å². The highest BCUT2D eigenvalue weighted by atomic mass is 16.1. The minimum Gasteiger partial charge on any atom is -0.383 e. The van der Waals surface area contributed by atoms with E-state index in [1.807, 2.05) is 37.4 Å². The lowest BCUT2D eigenvalue weighted by Crippen LogP contribution is -2.28. The number of aromatic nitrogens is 3. The zero-order valence-electron chi connectivity index (χ0n) is 20.7. The van der Waals surface area contributed by atoms with Crippen molar-refractivity contribution in [3.8, 4) is 11.3 Å². The van der Waals surface area contributed by atoms with Gasteiger partial charge in [0.1, 0.15) is 17.8 Å². The van der Waals surface area contributed by atoms with E-state index in [-0.39, 0.29) is 5.91 Å². The highest BCUT2D eigenvalue weighted by Crippen LogP contribution is 2.41. The van der Waals surface area contributed by atoms with Crippen molar-refractivity contribution in [1.29, 1.82) is 0 Å². The molecule has 7 heteroatoms. The van der Waals surface area contributed by atoms with Crippen LogP contribution in [0.1, 0.15) is 24.5 Å². The van der Waals surface area contributed by atoms with Gasteiger partial charge in [-0.1, -0.05) is 55.1 Å². The molecule has 1 amide bonds. The number of fused-ring (bicyclic) bond motifs is 1. The third kappa shape index (κ3) is 4.53. The van der Waals surface area contributed by atoms with Gasteiger partial charge in [-0.25, -0.2) is 9.97 Å². The SMILES string of the molecule is C=C(C)C(=O)Nc1ccc(-c2c(C3=CCN(Cc4ccccc4)CC3)c3c(N)ncnc3n2C)cc1. The first-order valence-corrected chi connectivity index (χ1v) is 12.0. The van der Waals surface area contributed by atoms with Crippen molar-refractivity contribution in [2.75, 3.05) is 24.1 Å². The van der Waals surface area contributed by atoms with Crippen LogP contribution in [0.15, 0.2) is 79.2 Å². The van der Waals surface area contributed by atoms with Crippen molar-refractivity contribution in [2.45, 2.75) is 19.9 Å². The number of benzene rings is 2. The summed E-state index contributed by atoms with van der Waals surface area (Å²) < 4.78 is 2.08. The number of amides is 1. The van der Waals surface area contributed by atoms with Gasteiger partial charge in [0.15, 0.2) is 0 Å². The van der Waals surface area contributed by atoms with E-state index in [2.05, 4.69) is 61.7 Å². The molecule has 3 N–H and O–H groups in total. The molecule has 4 aromatic rings. The highest BCUT2D eigenvalue weighted by molar-refractivity contribution is 6.05. The third-order valence-corrected chi connectivity index (χ3v) is 6.66. The minimum atomic E-state index is -0.191. The quantitative estimate of drug-likeness (QED) is 0.380. The number of nitrogens with one attached hydrogen (secondary N) is 1. The molecule has 0 saturated carbocycles. The van der Waals surface area contributed by atoms with Gasteiger partial charge in [0.25, 0.3) is 5.91 Å². The third-order valence-electron chi connectivity index (χ3n) is 6.66. The van der Waals surface area contributed by atoms with Crippen molar-refractivity contribution >= 4 is 34.0 Å². The van der Waals surface area contributed by atoms with E-state index in [0.29, 0.717) is 11.4 Å². The summed E-state index contributed by atoms with van der Waals surface area (Å²) in [5, 5.41) is 3.76. The summed E-state index contributed by atoms with van der Waals surface area (Å²) in [6.45, 7) is 8.13. The standard InChI is InChI=1S/C29H30N6O/c1-19(2)29(36)33-23-11-9-22(10-12-23)26-24(25-27(30)31-18-32-28(25)34(26)3)21-13-15-35(16-14-21)17-20-7-5-4-6-8-20/h4-13,18H,1,14-17H2,2-3H3,(H,33,36)(H2,30,31,32). The number of carbonyl (C=O) groups excluding carboxylic acids is 1. The van der Waals surface area contributed by atoms with Crippen LogP contribution in [0, 0.1) is 0 Å². The predicted octanol–water partition coefficient (Wildman–Crippen LogP) is 5.02. The van der Waals surface area contributed by atoms with Gasteiger partial charge < -0.3 is 15.6 Å². The molecule has 0 spiro atoms. The van der Waals surface area contributed by atoms with E-state index >= 15 is 0 Å². The van der Waals surface area contributed by atoms with E-state index < -0.39 is 0 Å². The zero-order valence-corrected chi connectivity index (χ0v) is 20.7. The van der Waals surface area contributed by atoms with Crippen LogP contribution in [0.2, 0.25) is 0 Å². The molecule has 0 bridgehead atoms.